The molecule has 0 aliphatic rings. The molecule has 0 atom stereocenters. The van der Waals surface area contributed by atoms with Crippen LogP contribution in [0.4, 0.5) is 0 Å². The number of carboxylic acids is 2. The van der Waals surface area contributed by atoms with Gasteiger partial charge in [0.1, 0.15) is 5.75 Å². The molecule has 4 N–H and O–H groups in total. The number of aromatic nitrogens is 2. The molecule has 0 spiro atoms. The number of aromatic amines is 1. The summed E-state index contributed by atoms with van der Waals surface area (Å²) >= 11 is 0. The zero-order valence-electron chi connectivity index (χ0n) is 9.07. The van der Waals surface area contributed by atoms with Crippen LogP contribution in [0.3, 0.4) is 0 Å². The Hall–Kier alpha value is -2.83. The van der Waals surface area contributed by atoms with E-state index in [2.05, 4.69) is 10.2 Å². The van der Waals surface area contributed by atoms with Crippen molar-refractivity contribution in [3.63, 3.8) is 0 Å². The fourth-order valence-electron chi connectivity index (χ4n) is 1.07. The summed E-state index contributed by atoms with van der Waals surface area (Å²) in [6, 6.07) is 5.08. The molecule has 0 radical (unpaired) electrons. The lowest BCUT2D eigenvalue weighted by Crippen LogP contribution is -1.91. The van der Waals surface area contributed by atoms with Crippen LogP contribution in [-0.4, -0.2) is 37.5 Å². The van der Waals surface area contributed by atoms with Gasteiger partial charge >= 0.3 is 11.9 Å². The Labute approximate surface area is 101 Å². The summed E-state index contributed by atoms with van der Waals surface area (Å²) in [5, 5.41) is 32.2. The highest BCUT2D eigenvalue weighted by atomic mass is 16.4. The summed E-state index contributed by atoms with van der Waals surface area (Å²) in [6.45, 7) is 0. The van der Waals surface area contributed by atoms with Gasteiger partial charge in [-0.05, 0) is 18.2 Å². The van der Waals surface area contributed by atoms with Crippen LogP contribution < -0.4 is 0 Å². The highest BCUT2D eigenvalue weighted by molar-refractivity contribution is 5.89. The normalized spacial score (nSPS) is 10.0. The average molecular weight is 250 g/mol. The minimum atomic E-state index is -1.26. The third kappa shape index (κ3) is 4.35. The number of carboxylic acid groups (broad SMARTS) is 2. The number of phenols is 1. The van der Waals surface area contributed by atoms with E-state index < -0.39 is 11.9 Å². The number of H-pyrrole nitrogens is 1. The average Bonchev–Trinajstić information content (AvgIpc) is 2.74. The molecule has 1 aromatic carbocycles. The summed E-state index contributed by atoms with van der Waals surface area (Å²) in [5.74, 6) is -2.24. The number of hydrogen-bond donors (Lipinski definition) is 4. The molecule has 0 aliphatic heterocycles. The first-order valence-electron chi connectivity index (χ1n) is 4.75. The molecule has 2 aromatic rings. The summed E-state index contributed by atoms with van der Waals surface area (Å²) < 4.78 is 0. The molecule has 1 aromatic heterocycles. The van der Waals surface area contributed by atoms with Crippen molar-refractivity contribution in [1.29, 1.82) is 0 Å². The van der Waals surface area contributed by atoms with Gasteiger partial charge in [-0.15, -0.1) is 0 Å². The van der Waals surface area contributed by atoms with Gasteiger partial charge in [-0.1, -0.05) is 0 Å². The number of fused-ring (bicyclic) bond motifs is 1. The fraction of sp³-hybridized carbons (Fsp3) is 0. The number of nitrogens with zero attached hydrogens (tertiary/aromatic N) is 1. The Morgan fingerprint density at radius 1 is 1.17 bits per heavy atom. The van der Waals surface area contributed by atoms with Gasteiger partial charge in [0, 0.05) is 17.5 Å². The van der Waals surface area contributed by atoms with Crippen molar-refractivity contribution >= 4 is 22.8 Å². The molecule has 0 fully saturated rings. The smallest absolute Gasteiger partial charge is 0.328 e. The molecule has 1 heterocycles. The Morgan fingerprint density at radius 3 is 2.33 bits per heavy atom. The molecule has 0 saturated carbocycles. The zero-order valence-corrected chi connectivity index (χ0v) is 9.07. The van der Waals surface area contributed by atoms with E-state index in [1.807, 2.05) is 0 Å². The van der Waals surface area contributed by atoms with Gasteiger partial charge in [0.15, 0.2) is 0 Å². The van der Waals surface area contributed by atoms with Gasteiger partial charge in [0.2, 0.25) is 0 Å². The lowest BCUT2D eigenvalue weighted by atomic mass is 10.2. The molecule has 7 nitrogen and oxygen atoms in total. The maximum Gasteiger partial charge on any atom is 0.328 e. The minimum absolute atomic E-state index is 0.272. The van der Waals surface area contributed by atoms with Gasteiger partial charge in [-0.3, -0.25) is 5.10 Å². The summed E-state index contributed by atoms with van der Waals surface area (Å²) in [4.78, 5) is 19.1. The number of benzene rings is 1. The first-order valence-corrected chi connectivity index (χ1v) is 4.75. The summed E-state index contributed by atoms with van der Waals surface area (Å²) in [5.41, 5.74) is 0.942. The minimum Gasteiger partial charge on any atom is -0.508 e. The van der Waals surface area contributed by atoms with Crippen molar-refractivity contribution in [3.05, 3.63) is 36.5 Å². The van der Waals surface area contributed by atoms with Crippen molar-refractivity contribution in [2.75, 3.05) is 0 Å². The third-order valence-electron chi connectivity index (χ3n) is 1.79. The van der Waals surface area contributed by atoms with Crippen LogP contribution in [0, 0.1) is 0 Å². The lowest BCUT2D eigenvalue weighted by molar-refractivity contribution is -0.134. The number of nitrogens with one attached hydrogen (secondary N) is 1. The van der Waals surface area contributed by atoms with Gasteiger partial charge in [-0.2, -0.15) is 5.10 Å². The van der Waals surface area contributed by atoms with E-state index in [1.54, 1.807) is 24.4 Å². The quantitative estimate of drug-likeness (QED) is 0.589. The molecule has 0 unspecified atom stereocenters. The van der Waals surface area contributed by atoms with Gasteiger partial charge in [0.25, 0.3) is 0 Å². The van der Waals surface area contributed by atoms with E-state index in [1.165, 1.54) is 0 Å². The summed E-state index contributed by atoms with van der Waals surface area (Å²) in [7, 11) is 0. The first kappa shape index (κ1) is 13.2. The van der Waals surface area contributed by atoms with E-state index in [-0.39, 0.29) is 5.75 Å². The summed E-state index contributed by atoms with van der Waals surface area (Å²) in [6.07, 6.45) is 2.79. The monoisotopic (exact) mass is 250 g/mol. The third-order valence-corrected chi connectivity index (χ3v) is 1.79. The molecular weight excluding hydrogens is 240 g/mol. The van der Waals surface area contributed by atoms with Crippen molar-refractivity contribution in [1.82, 2.24) is 10.2 Å². The molecule has 0 bridgehead atoms. The van der Waals surface area contributed by atoms with Gasteiger partial charge in [0.05, 0.1) is 11.7 Å². The number of aromatic hydroxyl groups is 1. The van der Waals surface area contributed by atoms with E-state index >= 15 is 0 Å². The number of phenolic OH excluding ortho intramolecular Hbond substituents is 1. The van der Waals surface area contributed by atoms with E-state index in [4.69, 9.17) is 15.3 Å². The number of aliphatic carboxylic acids is 2. The van der Waals surface area contributed by atoms with Crippen LogP contribution in [-0.2, 0) is 9.59 Å². The van der Waals surface area contributed by atoms with E-state index in [9.17, 15) is 9.59 Å². The van der Waals surface area contributed by atoms with Crippen molar-refractivity contribution < 1.29 is 24.9 Å². The maximum absolute atomic E-state index is 9.55. The lowest BCUT2D eigenvalue weighted by Gasteiger charge is -1.88. The van der Waals surface area contributed by atoms with Crippen molar-refractivity contribution in [2.24, 2.45) is 0 Å². The Bertz CT molecular complexity index is 572. The highest BCUT2D eigenvalue weighted by Crippen LogP contribution is 2.16. The molecule has 0 amide bonds. The Kier molecular flexibility index (Phi) is 4.44. The van der Waals surface area contributed by atoms with Crippen molar-refractivity contribution in [3.8, 4) is 5.75 Å². The fourth-order valence-corrected chi connectivity index (χ4v) is 1.07. The van der Waals surface area contributed by atoms with Crippen LogP contribution in [0.2, 0.25) is 0 Å². The standard InChI is InChI=1S/C7H6N2O.C4H4O4/c10-6-1-2-7-5(3-6)4-8-9-7;5-3(6)1-2-4(7)8/h1-4,10H,(H,8,9);1-2H,(H,5,6)(H,7,8)/b;2-1+. The molecule has 0 aliphatic carbocycles. The molecule has 0 saturated heterocycles. The van der Waals surface area contributed by atoms with Crippen LogP contribution in [0.15, 0.2) is 36.5 Å². The van der Waals surface area contributed by atoms with E-state index in [0.717, 1.165) is 10.9 Å². The second-order valence-corrected chi connectivity index (χ2v) is 3.15. The van der Waals surface area contributed by atoms with Crippen LogP contribution >= 0.6 is 0 Å². The predicted octanol–water partition coefficient (Wildman–Crippen LogP) is 0.980. The molecule has 2 rings (SSSR count). The number of rotatable bonds is 2. The largest absolute Gasteiger partial charge is 0.508 e. The zero-order chi connectivity index (χ0) is 13.5. The second-order valence-electron chi connectivity index (χ2n) is 3.15. The maximum atomic E-state index is 9.55. The molecular formula is C11H10N2O5. The molecule has 18 heavy (non-hydrogen) atoms. The first-order chi connectivity index (χ1) is 8.49. The predicted molar refractivity (Wildman–Crippen MR) is 62.2 cm³/mol. The number of hydrogen-bond acceptors (Lipinski definition) is 4. The number of carbonyl (C=O) groups is 2. The topological polar surface area (TPSA) is 124 Å². The van der Waals surface area contributed by atoms with Crippen LogP contribution in [0.1, 0.15) is 0 Å². The van der Waals surface area contributed by atoms with Gasteiger partial charge < -0.3 is 15.3 Å². The second kappa shape index (κ2) is 6.04. The highest BCUT2D eigenvalue weighted by Gasteiger charge is 1.93. The Morgan fingerprint density at radius 2 is 1.78 bits per heavy atom. The molecule has 94 valence electrons. The van der Waals surface area contributed by atoms with Crippen LogP contribution in [0.5, 0.6) is 5.75 Å². The van der Waals surface area contributed by atoms with E-state index in [0.29, 0.717) is 12.2 Å². The van der Waals surface area contributed by atoms with Gasteiger partial charge in [-0.25, -0.2) is 9.59 Å². The van der Waals surface area contributed by atoms with Crippen molar-refractivity contribution in [2.45, 2.75) is 0 Å². The van der Waals surface area contributed by atoms with Crippen LogP contribution in [0.25, 0.3) is 10.9 Å². The SMILES string of the molecule is O=C(O)/C=C/C(=O)O.Oc1ccc2[nH]ncc2c1. The Balaban J connectivity index is 0.000000187. The molecule has 7 heteroatoms.